The zero-order valence-corrected chi connectivity index (χ0v) is 16.2. The second-order valence-corrected chi connectivity index (χ2v) is 7.81. The van der Waals surface area contributed by atoms with Gasteiger partial charge < -0.3 is 10.1 Å². The third-order valence-corrected chi connectivity index (χ3v) is 4.90. The minimum absolute atomic E-state index is 0.0355. The molecule has 2 rings (SSSR count). The number of rotatable bonds is 6. The predicted molar refractivity (Wildman–Crippen MR) is 100 cm³/mol. The van der Waals surface area contributed by atoms with Crippen LogP contribution in [0, 0.1) is 0 Å². The summed E-state index contributed by atoms with van der Waals surface area (Å²) in [5, 5.41) is 2.37. The summed E-state index contributed by atoms with van der Waals surface area (Å²) in [6, 6.07) is 9.47. The molecule has 1 amide bonds. The van der Waals surface area contributed by atoms with Crippen molar-refractivity contribution >= 4 is 33.3 Å². The van der Waals surface area contributed by atoms with E-state index >= 15 is 0 Å². The lowest BCUT2D eigenvalue weighted by Gasteiger charge is -2.23. The smallest absolute Gasteiger partial charge is 0.416 e. The van der Waals surface area contributed by atoms with Gasteiger partial charge in [0.25, 0.3) is 0 Å². The second-order valence-electron chi connectivity index (χ2n) is 5.90. The summed E-state index contributed by atoms with van der Waals surface area (Å²) in [5.41, 5.74) is -1.27. The van der Waals surface area contributed by atoms with Gasteiger partial charge in [-0.2, -0.15) is 13.2 Å². The maximum absolute atomic E-state index is 12.9. The van der Waals surface area contributed by atoms with Gasteiger partial charge in [-0.25, -0.2) is 13.2 Å². The summed E-state index contributed by atoms with van der Waals surface area (Å²) in [7, 11) is -2.93. The molecule has 0 radical (unpaired) electrons. The van der Waals surface area contributed by atoms with Crippen LogP contribution in [0.3, 0.4) is 0 Å². The molecule has 0 saturated carbocycles. The summed E-state index contributed by atoms with van der Waals surface area (Å²) in [5.74, 6) is -1.58. The number of esters is 1. The SMILES string of the molecule is COC(=O)c1ccccc1NC(=O)CN(c1cccc(C(F)(F)F)c1)S(C)(=O)=O. The van der Waals surface area contributed by atoms with Crippen LogP contribution in [0.15, 0.2) is 48.5 Å². The highest BCUT2D eigenvalue weighted by Crippen LogP contribution is 2.32. The number of sulfonamides is 1. The van der Waals surface area contributed by atoms with Gasteiger partial charge in [0.15, 0.2) is 0 Å². The zero-order valence-electron chi connectivity index (χ0n) is 15.4. The molecule has 156 valence electrons. The highest BCUT2D eigenvalue weighted by molar-refractivity contribution is 7.92. The van der Waals surface area contributed by atoms with Crippen molar-refractivity contribution in [3.8, 4) is 0 Å². The molecular weight excluding hydrogens is 413 g/mol. The Morgan fingerprint density at radius 2 is 1.76 bits per heavy atom. The third kappa shape index (κ3) is 5.70. The van der Waals surface area contributed by atoms with Gasteiger partial charge in [0, 0.05) is 0 Å². The molecular formula is C18H17F3N2O5S. The highest BCUT2D eigenvalue weighted by Gasteiger charge is 2.32. The van der Waals surface area contributed by atoms with Crippen LogP contribution in [0.5, 0.6) is 0 Å². The molecule has 0 aliphatic carbocycles. The van der Waals surface area contributed by atoms with E-state index in [9.17, 15) is 31.2 Å². The van der Waals surface area contributed by atoms with Gasteiger partial charge in [-0.3, -0.25) is 9.10 Å². The minimum Gasteiger partial charge on any atom is -0.465 e. The average Bonchev–Trinajstić information content (AvgIpc) is 2.64. The van der Waals surface area contributed by atoms with Crippen molar-refractivity contribution in [3.05, 3.63) is 59.7 Å². The fraction of sp³-hybridized carbons (Fsp3) is 0.222. The lowest BCUT2D eigenvalue weighted by molar-refractivity contribution is -0.137. The molecule has 0 unspecified atom stereocenters. The molecule has 0 atom stereocenters. The van der Waals surface area contributed by atoms with Crippen molar-refractivity contribution in [3.63, 3.8) is 0 Å². The van der Waals surface area contributed by atoms with E-state index in [2.05, 4.69) is 10.1 Å². The Morgan fingerprint density at radius 1 is 1.10 bits per heavy atom. The van der Waals surface area contributed by atoms with Crippen LogP contribution in [0.1, 0.15) is 15.9 Å². The Bertz CT molecular complexity index is 1020. The fourth-order valence-corrected chi connectivity index (χ4v) is 3.29. The van der Waals surface area contributed by atoms with E-state index in [0.29, 0.717) is 10.4 Å². The van der Waals surface area contributed by atoms with Gasteiger partial charge in [-0.15, -0.1) is 0 Å². The average molecular weight is 430 g/mol. The third-order valence-electron chi connectivity index (χ3n) is 3.76. The molecule has 0 saturated heterocycles. The molecule has 2 aromatic rings. The Labute approximate surface area is 165 Å². The summed E-state index contributed by atoms with van der Waals surface area (Å²) < 4.78 is 68.2. The molecule has 0 spiro atoms. The Kier molecular flexibility index (Phi) is 6.52. The van der Waals surface area contributed by atoms with E-state index in [0.717, 1.165) is 31.6 Å². The van der Waals surface area contributed by atoms with Crippen molar-refractivity contribution in [1.82, 2.24) is 0 Å². The lowest BCUT2D eigenvalue weighted by Crippen LogP contribution is -2.37. The number of carbonyl (C=O) groups is 2. The number of benzene rings is 2. The number of halogens is 3. The second kappa shape index (κ2) is 8.52. The highest BCUT2D eigenvalue weighted by atomic mass is 32.2. The number of ether oxygens (including phenoxy) is 1. The van der Waals surface area contributed by atoms with Crippen molar-refractivity contribution in [2.45, 2.75) is 6.18 Å². The molecule has 0 aliphatic heterocycles. The van der Waals surface area contributed by atoms with Crippen LogP contribution in [0.4, 0.5) is 24.5 Å². The Hall–Kier alpha value is -3.08. The molecule has 2 aromatic carbocycles. The van der Waals surface area contributed by atoms with Gasteiger partial charge in [-0.1, -0.05) is 18.2 Å². The molecule has 29 heavy (non-hydrogen) atoms. The molecule has 0 heterocycles. The molecule has 0 bridgehead atoms. The molecule has 1 N–H and O–H groups in total. The molecule has 11 heteroatoms. The normalized spacial score (nSPS) is 11.6. The van der Waals surface area contributed by atoms with Crippen molar-refractivity contribution in [2.75, 3.05) is 29.5 Å². The van der Waals surface area contributed by atoms with Crippen LogP contribution in [-0.2, 0) is 25.7 Å². The first-order chi connectivity index (χ1) is 13.4. The number of anilines is 2. The van der Waals surface area contributed by atoms with Crippen LogP contribution in [0.25, 0.3) is 0 Å². The summed E-state index contributed by atoms with van der Waals surface area (Å²) in [6.07, 6.45) is -3.91. The van der Waals surface area contributed by atoms with Crippen molar-refractivity contribution in [1.29, 1.82) is 0 Å². The number of amides is 1. The number of nitrogens with zero attached hydrogens (tertiary/aromatic N) is 1. The molecule has 0 fully saturated rings. The lowest BCUT2D eigenvalue weighted by atomic mass is 10.1. The number of alkyl halides is 3. The maximum atomic E-state index is 12.9. The number of hydrogen-bond acceptors (Lipinski definition) is 5. The number of nitrogens with one attached hydrogen (secondary N) is 1. The first-order valence-electron chi connectivity index (χ1n) is 8.05. The van der Waals surface area contributed by atoms with E-state index in [1.807, 2.05) is 0 Å². The summed E-state index contributed by atoms with van der Waals surface area (Å²) in [4.78, 5) is 24.2. The number of carbonyl (C=O) groups excluding carboxylic acids is 2. The van der Waals surface area contributed by atoms with Crippen molar-refractivity contribution in [2.24, 2.45) is 0 Å². The minimum atomic E-state index is -4.68. The van der Waals surface area contributed by atoms with E-state index in [1.165, 1.54) is 24.3 Å². The summed E-state index contributed by atoms with van der Waals surface area (Å²) >= 11 is 0. The molecule has 7 nitrogen and oxygen atoms in total. The van der Waals surface area contributed by atoms with Gasteiger partial charge in [0.2, 0.25) is 15.9 Å². The predicted octanol–water partition coefficient (Wildman–Crippen LogP) is 2.90. The van der Waals surface area contributed by atoms with Gasteiger partial charge in [0.05, 0.1) is 35.9 Å². The van der Waals surface area contributed by atoms with Gasteiger partial charge >= 0.3 is 12.1 Å². The van der Waals surface area contributed by atoms with E-state index < -0.39 is 40.2 Å². The first-order valence-corrected chi connectivity index (χ1v) is 9.90. The Morgan fingerprint density at radius 3 is 2.34 bits per heavy atom. The van der Waals surface area contributed by atoms with Gasteiger partial charge in [-0.05, 0) is 30.3 Å². The first kappa shape index (κ1) is 22.2. The zero-order chi connectivity index (χ0) is 21.8. The topological polar surface area (TPSA) is 92.8 Å². The largest absolute Gasteiger partial charge is 0.465 e. The quantitative estimate of drug-likeness (QED) is 0.712. The standard InChI is InChI=1S/C18H17F3N2O5S/c1-28-17(25)14-8-3-4-9-15(14)22-16(24)11-23(29(2,26)27)13-7-5-6-12(10-13)18(19,20)21/h3-10H,11H2,1-2H3,(H,22,24). The van der Waals surface area contributed by atoms with E-state index in [1.54, 1.807) is 0 Å². The monoisotopic (exact) mass is 430 g/mol. The van der Waals surface area contributed by atoms with Crippen LogP contribution in [-0.4, -0.2) is 40.2 Å². The fourth-order valence-electron chi connectivity index (χ4n) is 2.44. The van der Waals surface area contributed by atoms with Crippen LogP contribution < -0.4 is 9.62 Å². The van der Waals surface area contributed by atoms with Crippen LogP contribution >= 0.6 is 0 Å². The summed E-state index contributed by atoms with van der Waals surface area (Å²) in [6.45, 7) is -0.796. The number of hydrogen-bond donors (Lipinski definition) is 1. The molecule has 0 aliphatic rings. The molecule has 0 aromatic heterocycles. The van der Waals surface area contributed by atoms with Crippen molar-refractivity contribution < 1.29 is 35.9 Å². The maximum Gasteiger partial charge on any atom is 0.416 e. The van der Waals surface area contributed by atoms with E-state index in [-0.39, 0.29) is 16.9 Å². The van der Waals surface area contributed by atoms with Gasteiger partial charge in [0.1, 0.15) is 6.54 Å². The Balaban J connectivity index is 2.32. The van der Waals surface area contributed by atoms with E-state index in [4.69, 9.17) is 0 Å². The van der Waals surface area contributed by atoms with Crippen LogP contribution in [0.2, 0.25) is 0 Å². The number of methoxy groups -OCH3 is 1. The number of para-hydroxylation sites is 1.